The van der Waals surface area contributed by atoms with E-state index in [-0.39, 0.29) is 6.42 Å². The average Bonchev–Trinajstić information content (AvgIpc) is 3.17. The molecule has 2 N–H and O–H groups in total. The maximum atomic E-state index is 13.7. The van der Waals surface area contributed by atoms with Crippen molar-refractivity contribution in [3.8, 4) is 0 Å². The lowest BCUT2D eigenvalue weighted by Gasteiger charge is -2.36. The van der Waals surface area contributed by atoms with Gasteiger partial charge in [0.25, 0.3) is 0 Å². The number of ether oxygens (including phenoxy) is 1. The molecule has 0 bridgehead atoms. The summed E-state index contributed by atoms with van der Waals surface area (Å²) in [7, 11) is 1.20. The number of aliphatic carboxylic acids is 1. The number of carboxylic acid groups (broad SMARTS) is 1. The zero-order chi connectivity index (χ0) is 20.9. The van der Waals surface area contributed by atoms with Crippen LogP contribution in [0.25, 0.3) is 0 Å². The SMILES string of the molecule is COC(=O)N[C@@H](C(=O)[C@@]1(C(=O)O)CCCN1Cc1ccccc1)c1ccccc1. The van der Waals surface area contributed by atoms with Crippen LogP contribution >= 0.6 is 0 Å². The first-order chi connectivity index (χ1) is 14.0. The number of hydrogen-bond acceptors (Lipinski definition) is 5. The summed E-state index contributed by atoms with van der Waals surface area (Å²) in [4.78, 5) is 39.7. The molecular formula is C22H24N2O5. The fraction of sp³-hybridized carbons (Fsp3) is 0.318. The molecule has 0 saturated carbocycles. The van der Waals surface area contributed by atoms with E-state index in [1.165, 1.54) is 7.11 Å². The Labute approximate surface area is 169 Å². The molecule has 29 heavy (non-hydrogen) atoms. The van der Waals surface area contributed by atoms with Gasteiger partial charge in [0.2, 0.25) is 0 Å². The van der Waals surface area contributed by atoms with Gasteiger partial charge in [0.1, 0.15) is 6.04 Å². The largest absolute Gasteiger partial charge is 0.480 e. The Hall–Kier alpha value is -3.19. The Kier molecular flexibility index (Phi) is 6.29. The average molecular weight is 396 g/mol. The Morgan fingerprint density at radius 2 is 1.72 bits per heavy atom. The molecule has 1 fully saturated rings. The van der Waals surface area contributed by atoms with Gasteiger partial charge in [-0.2, -0.15) is 0 Å². The van der Waals surface area contributed by atoms with Crippen molar-refractivity contribution in [1.82, 2.24) is 10.2 Å². The van der Waals surface area contributed by atoms with E-state index in [0.29, 0.717) is 25.1 Å². The Morgan fingerprint density at radius 3 is 2.31 bits per heavy atom. The number of ketones is 1. The van der Waals surface area contributed by atoms with Crippen molar-refractivity contribution < 1.29 is 24.2 Å². The number of likely N-dealkylation sites (tertiary alicyclic amines) is 1. The van der Waals surface area contributed by atoms with Crippen LogP contribution in [0.2, 0.25) is 0 Å². The highest BCUT2D eigenvalue weighted by atomic mass is 16.5. The van der Waals surface area contributed by atoms with Gasteiger partial charge in [-0.15, -0.1) is 0 Å². The zero-order valence-corrected chi connectivity index (χ0v) is 16.2. The van der Waals surface area contributed by atoms with Gasteiger partial charge in [-0.1, -0.05) is 60.7 Å². The standard InChI is InChI=1S/C22H24N2O5/c1-29-21(28)23-18(17-11-6-3-7-12-17)19(25)22(20(26)27)13-8-14-24(22)15-16-9-4-2-5-10-16/h2-7,9-12,18H,8,13-15H2,1H3,(H,23,28)(H,26,27)/t18-,22-/m1/s1. The van der Waals surface area contributed by atoms with Crippen molar-refractivity contribution in [3.05, 3.63) is 71.8 Å². The van der Waals surface area contributed by atoms with Gasteiger partial charge in [0.05, 0.1) is 7.11 Å². The topological polar surface area (TPSA) is 95.9 Å². The monoisotopic (exact) mass is 396 g/mol. The minimum atomic E-state index is -1.72. The first kappa shape index (κ1) is 20.5. The number of carbonyl (C=O) groups excluding carboxylic acids is 2. The van der Waals surface area contributed by atoms with Crippen LogP contribution in [0.4, 0.5) is 4.79 Å². The van der Waals surface area contributed by atoms with Gasteiger partial charge < -0.3 is 15.2 Å². The summed E-state index contributed by atoms with van der Waals surface area (Å²) in [6.45, 7) is 0.811. The molecule has 2 atom stereocenters. The first-order valence-electron chi connectivity index (χ1n) is 9.45. The lowest BCUT2D eigenvalue weighted by atomic mass is 9.83. The number of benzene rings is 2. The molecule has 0 radical (unpaired) electrons. The molecule has 1 saturated heterocycles. The Bertz CT molecular complexity index is 871. The van der Waals surface area contributed by atoms with Gasteiger partial charge in [-0.3, -0.25) is 9.69 Å². The molecule has 0 unspecified atom stereocenters. The number of nitrogens with one attached hydrogen (secondary N) is 1. The van der Waals surface area contributed by atoms with E-state index in [2.05, 4.69) is 10.1 Å². The van der Waals surface area contributed by atoms with Crippen LogP contribution in [0, 0.1) is 0 Å². The number of alkyl carbamates (subject to hydrolysis) is 1. The minimum absolute atomic E-state index is 0.181. The summed E-state index contributed by atoms with van der Waals surface area (Å²) in [5, 5.41) is 12.7. The summed E-state index contributed by atoms with van der Waals surface area (Å²) in [6.07, 6.45) is -0.0366. The van der Waals surface area contributed by atoms with Crippen LogP contribution in [-0.2, 0) is 20.9 Å². The van der Waals surface area contributed by atoms with E-state index in [4.69, 9.17) is 0 Å². The quantitative estimate of drug-likeness (QED) is 0.699. The molecule has 2 aromatic rings. The summed E-state index contributed by atoms with van der Waals surface area (Å²) in [5.41, 5.74) is -0.294. The second-order valence-electron chi connectivity index (χ2n) is 7.02. The van der Waals surface area contributed by atoms with Crippen molar-refractivity contribution in [2.75, 3.05) is 13.7 Å². The second-order valence-corrected chi connectivity index (χ2v) is 7.02. The predicted molar refractivity (Wildman–Crippen MR) is 106 cm³/mol. The molecule has 0 aromatic heterocycles. The van der Waals surface area contributed by atoms with Crippen molar-refractivity contribution in [1.29, 1.82) is 0 Å². The second kappa shape index (κ2) is 8.87. The molecular weight excluding hydrogens is 372 g/mol. The molecule has 152 valence electrons. The molecule has 2 aromatic carbocycles. The van der Waals surface area contributed by atoms with E-state index >= 15 is 0 Å². The van der Waals surface area contributed by atoms with Gasteiger partial charge in [-0.25, -0.2) is 9.59 Å². The number of carboxylic acids is 1. The fourth-order valence-corrected chi connectivity index (χ4v) is 3.88. The zero-order valence-electron chi connectivity index (χ0n) is 16.2. The smallest absolute Gasteiger partial charge is 0.407 e. The number of nitrogens with zero attached hydrogens (tertiary/aromatic N) is 1. The predicted octanol–water partition coefficient (Wildman–Crippen LogP) is 2.77. The molecule has 1 heterocycles. The lowest BCUT2D eigenvalue weighted by molar-refractivity contribution is -0.157. The number of amides is 1. The van der Waals surface area contributed by atoms with Crippen molar-refractivity contribution >= 4 is 17.8 Å². The van der Waals surface area contributed by atoms with E-state index in [1.807, 2.05) is 30.3 Å². The highest BCUT2D eigenvalue weighted by Gasteiger charge is 2.56. The van der Waals surface area contributed by atoms with E-state index < -0.39 is 29.4 Å². The third-order valence-electron chi connectivity index (χ3n) is 5.33. The maximum absolute atomic E-state index is 13.7. The van der Waals surface area contributed by atoms with Crippen LogP contribution in [0.5, 0.6) is 0 Å². The normalized spacial score (nSPS) is 20.0. The van der Waals surface area contributed by atoms with Crippen molar-refractivity contribution in [3.63, 3.8) is 0 Å². The summed E-state index contributed by atoms with van der Waals surface area (Å²) < 4.78 is 4.67. The number of carbonyl (C=O) groups is 3. The highest BCUT2D eigenvalue weighted by Crippen LogP contribution is 2.36. The van der Waals surface area contributed by atoms with Crippen LogP contribution in [-0.4, -0.2) is 47.0 Å². The fourth-order valence-electron chi connectivity index (χ4n) is 3.88. The molecule has 0 spiro atoms. The Balaban J connectivity index is 1.99. The number of methoxy groups -OCH3 is 1. The maximum Gasteiger partial charge on any atom is 0.407 e. The summed E-state index contributed by atoms with van der Waals surface area (Å²) >= 11 is 0. The highest BCUT2D eigenvalue weighted by molar-refractivity contribution is 6.11. The van der Waals surface area contributed by atoms with Crippen LogP contribution in [0.15, 0.2) is 60.7 Å². The number of hydrogen-bond donors (Lipinski definition) is 2. The third-order valence-corrected chi connectivity index (χ3v) is 5.33. The first-order valence-corrected chi connectivity index (χ1v) is 9.45. The van der Waals surface area contributed by atoms with Gasteiger partial charge in [0.15, 0.2) is 11.3 Å². The van der Waals surface area contributed by atoms with Crippen LogP contribution in [0.1, 0.15) is 30.0 Å². The third kappa shape index (κ3) is 4.14. The lowest BCUT2D eigenvalue weighted by Crippen LogP contribution is -2.59. The van der Waals surface area contributed by atoms with Crippen LogP contribution in [0.3, 0.4) is 0 Å². The van der Waals surface area contributed by atoms with Gasteiger partial charge in [0, 0.05) is 13.1 Å². The number of Topliss-reactive ketones (excluding diaryl/α,β-unsaturated/α-hetero) is 1. The van der Waals surface area contributed by atoms with Gasteiger partial charge in [-0.05, 0) is 24.0 Å². The minimum Gasteiger partial charge on any atom is -0.480 e. The molecule has 1 aliphatic heterocycles. The van der Waals surface area contributed by atoms with Crippen LogP contribution < -0.4 is 5.32 Å². The van der Waals surface area contributed by atoms with Crippen molar-refractivity contribution in [2.45, 2.75) is 31.0 Å². The molecule has 7 heteroatoms. The van der Waals surface area contributed by atoms with E-state index in [1.54, 1.807) is 35.2 Å². The molecule has 0 aliphatic carbocycles. The number of rotatable bonds is 7. The summed E-state index contributed by atoms with van der Waals surface area (Å²) in [5.74, 6) is -1.78. The van der Waals surface area contributed by atoms with E-state index in [0.717, 1.165) is 5.56 Å². The van der Waals surface area contributed by atoms with Crippen molar-refractivity contribution in [2.24, 2.45) is 0 Å². The Morgan fingerprint density at radius 1 is 1.10 bits per heavy atom. The summed E-state index contributed by atoms with van der Waals surface area (Å²) in [6, 6.07) is 16.9. The van der Waals surface area contributed by atoms with Gasteiger partial charge >= 0.3 is 12.1 Å². The molecule has 3 rings (SSSR count). The van der Waals surface area contributed by atoms with E-state index in [9.17, 15) is 19.5 Å². The molecule has 7 nitrogen and oxygen atoms in total. The molecule has 1 amide bonds. The molecule has 1 aliphatic rings.